The molecule has 0 saturated heterocycles. The normalized spacial score (nSPS) is 10.3. The SMILES string of the molecule is Nc1cncc(Br)c1Oc1ccc(Cl)cc1Cl. The molecule has 0 atom stereocenters. The summed E-state index contributed by atoms with van der Waals surface area (Å²) in [5.41, 5.74) is 6.18. The molecule has 2 aromatic rings. The highest BCUT2D eigenvalue weighted by molar-refractivity contribution is 9.10. The van der Waals surface area contributed by atoms with E-state index in [9.17, 15) is 0 Å². The minimum Gasteiger partial charge on any atom is -0.452 e. The number of hydrogen-bond donors (Lipinski definition) is 1. The molecule has 6 heteroatoms. The van der Waals surface area contributed by atoms with Crippen LogP contribution in [0, 0.1) is 0 Å². The Hall–Kier alpha value is -0.970. The summed E-state index contributed by atoms with van der Waals surface area (Å²) in [6.45, 7) is 0. The van der Waals surface area contributed by atoms with Crippen LogP contribution >= 0.6 is 39.1 Å². The largest absolute Gasteiger partial charge is 0.452 e. The van der Waals surface area contributed by atoms with Gasteiger partial charge in [0.1, 0.15) is 5.75 Å². The first kappa shape index (κ1) is 12.5. The number of hydrogen-bond acceptors (Lipinski definition) is 3. The maximum atomic E-state index is 6.00. The Kier molecular flexibility index (Phi) is 3.76. The average Bonchev–Trinajstić information content (AvgIpc) is 2.26. The van der Waals surface area contributed by atoms with Crippen molar-refractivity contribution in [3.8, 4) is 11.5 Å². The molecule has 0 amide bonds. The van der Waals surface area contributed by atoms with Gasteiger partial charge in [-0.25, -0.2) is 0 Å². The first-order valence-electron chi connectivity index (χ1n) is 4.60. The molecule has 1 aromatic carbocycles. The van der Waals surface area contributed by atoms with Crippen molar-refractivity contribution in [3.63, 3.8) is 0 Å². The Bertz CT molecular complexity index is 543. The van der Waals surface area contributed by atoms with Crippen molar-refractivity contribution in [2.45, 2.75) is 0 Å². The van der Waals surface area contributed by atoms with E-state index in [0.29, 0.717) is 31.7 Å². The van der Waals surface area contributed by atoms with Gasteiger partial charge < -0.3 is 10.5 Å². The number of halogens is 3. The van der Waals surface area contributed by atoms with Gasteiger partial charge in [0.2, 0.25) is 0 Å². The molecule has 0 radical (unpaired) electrons. The van der Waals surface area contributed by atoms with E-state index in [2.05, 4.69) is 20.9 Å². The summed E-state index contributed by atoms with van der Waals surface area (Å²) in [5.74, 6) is 0.957. The van der Waals surface area contributed by atoms with Gasteiger partial charge in [-0.2, -0.15) is 0 Å². The number of ether oxygens (including phenoxy) is 1. The third kappa shape index (κ3) is 2.83. The zero-order valence-electron chi connectivity index (χ0n) is 8.45. The van der Waals surface area contributed by atoms with Gasteiger partial charge in [-0.15, -0.1) is 0 Å². The summed E-state index contributed by atoms with van der Waals surface area (Å²) in [6.07, 6.45) is 3.10. The predicted octanol–water partition coefficient (Wildman–Crippen LogP) is 4.53. The highest BCUT2D eigenvalue weighted by Gasteiger charge is 2.10. The summed E-state index contributed by atoms with van der Waals surface area (Å²) in [4.78, 5) is 3.92. The first-order valence-corrected chi connectivity index (χ1v) is 6.14. The molecule has 0 spiro atoms. The molecule has 88 valence electrons. The second-order valence-corrected chi connectivity index (χ2v) is 4.91. The van der Waals surface area contributed by atoms with Crippen molar-refractivity contribution in [2.24, 2.45) is 0 Å². The lowest BCUT2D eigenvalue weighted by Crippen LogP contribution is -1.94. The molecule has 0 aliphatic heterocycles. The summed E-state index contributed by atoms with van der Waals surface area (Å²) >= 11 is 15.1. The maximum Gasteiger partial charge on any atom is 0.167 e. The molecule has 0 fully saturated rings. The highest BCUT2D eigenvalue weighted by Crippen LogP contribution is 2.37. The fraction of sp³-hybridized carbons (Fsp3) is 0. The van der Waals surface area contributed by atoms with Crippen molar-refractivity contribution in [1.29, 1.82) is 0 Å². The number of nitrogens with two attached hydrogens (primary N) is 1. The Morgan fingerprint density at radius 3 is 2.65 bits per heavy atom. The molecule has 1 aromatic heterocycles. The molecule has 0 unspecified atom stereocenters. The smallest absolute Gasteiger partial charge is 0.167 e. The van der Waals surface area contributed by atoms with Crippen LogP contribution in [-0.4, -0.2) is 4.98 Å². The standard InChI is InChI=1S/C11H7BrCl2N2O/c12-7-4-16-5-9(15)11(7)17-10-2-1-6(13)3-8(10)14/h1-5H,15H2. The van der Waals surface area contributed by atoms with Crippen LogP contribution in [0.25, 0.3) is 0 Å². The van der Waals surface area contributed by atoms with Crippen LogP contribution in [0.5, 0.6) is 11.5 Å². The van der Waals surface area contributed by atoms with Crippen molar-refractivity contribution in [2.75, 3.05) is 5.73 Å². The number of pyridine rings is 1. The molecule has 17 heavy (non-hydrogen) atoms. The molecule has 0 aliphatic carbocycles. The highest BCUT2D eigenvalue weighted by atomic mass is 79.9. The second-order valence-electron chi connectivity index (χ2n) is 3.22. The quantitative estimate of drug-likeness (QED) is 0.878. The third-order valence-corrected chi connectivity index (χ3v) is 3.08. The Balaban J connectivity index is 2.38. The van der Waals surface area contributed by atoms with Gasteiger partial charge in [0.05, 0.1) is 21.4 Å². The van der Waals surface area contributed by atoms with Crippen LogP contribution in [-0.2, 0) is 0 Å². The van der Waals surface area contributed by atoms with Crippen LogP contribution < -0.4 is 10.5 Å². The molecule has 2 rings (SSSR count). The number of anilines is 1. The summed E-state index contributed by atoms with van der Waals surface area (Å²) in [7, 11) is 0. The number of nitrogens with zero attached hydrogens (tertiary/aromatic N) is 1. The van der Waals surface area contributed by atoms with Gasteiger partial charge in [0.15, 0.2) is 5.75 Å². The minimum absolute atomic E-state index is 0.417. The maximum absolute atomic E-state index is 6.00. The van der Waals surface area contributed by atoms with Gasteiger partial charge in [-0.05, 0) is 34.1 Å². The van der Waals surface area contributed by atoms with Crippen LogP contribution in [0.2, 0.25) is 10.0 Å². The Morgan fingerprint density at radius 2 is 2.00 bits per heavy atom. The summed E-state index contributed by atoms with van der Waals surface area (Å²) in [5, 5.41) is 0.963. The van der Waals surface area contributed by atoms with E-state index in [-0.39, 0.29) is 0 Å². The fourth-order valence-electron chi connectivity index (χ4n) is 1.21. The molecule has 1 heterocycles. The number of rotatable bonds is 2. The number of nitrogen functional groups attached to an aromatic ring is 1. The first-order chi connectivity index (χ1) is 8.08. The van der Waals surface area contributed by atoms with Crippen LogP contribution in [0.3, 0.4) is 0 Å². The van der Waals surface area contributed by atoms with Crippen molar-refractivity contribution >= 4 is 44.8 Å². The van der Waals surface area contributed by atoms with Gasteiger partial charge in [0.25, 0.3) is 0 Å². The third-order valence-electron chi connectivity index (χ3n) is 1.99. The van der Waals surface area contributed by atoms with Crippen LogP contribution in [0.4, 0.5) is 5.69 Å². The molecule has 0 bridgehead atoms. The predicted molar refractivity (Wildman–Crippen MR) is 72.9 cm³/mol. The lowest BCUT2D eigenvalue weighted by molar-refractivity contribution is 0.481. The van der Waals surface area contributed by atoms with Crippen LogP contribution in [0.1, 0.15) is 0 Å². The number of aromatic nitrogens is 1. The van der Waals surface area contributed by atoms with Gasteiger partial charge in [-0.1, -0.05) is 23.2 Å². The molecular weight excluding hydrogens is 327 g/mol. The summed E-state index contributed by atoms with van der Waals surface area (Å²) in [6, 6.07) is 4.97. The minimum atomic E-state index is 0.417. The molecular formula is C11H7BrCl2N2O. The average molecular weight is 334 g/mol. The molecule has 3 nitrogen and oxygen atoms in total. The van der Waals surface area contributed by atoms with E-state index in [0.717, 1.165) is 0 Å². The van der Waals surface area contributed by atoms with Gasteiger partial charge >= 0.3 is 0 Å². The monoisotopic (exact) mass is 332 g/mol. The van der Waals surface area contributed by atoms with Gasteiger partial charge in [0, 0.05) is 11.2 Å². The Labute approximate surface area is 117 Å². The fourth-order valence-corrected chi connectivity index (χ4v) is 2.09. The summed E-state index contributed by atoms with van der Waals surface area (Å²) < 4.78 is 6.28. The van der Waals surface area contributed by atoms with Crippen LogP contribution in [0.15, 0.2) is 35.1 Å². The van der Waals surface area contributed by atoms with E-state index in [1.54, 1.807) is 24.4 Å². The van der Waals surface area contributed by atoms with Crippen molar-refractivity contribution in [3.05, 3.63) is 45.1 Å². The van der Waals surface area contributed by atoms with E-state index < -0.39 is 0 Å². The zero-order chi connectivity index (χ0) is 12.4. The lowest BCUT2D eigenvalue weighted by atomic mass is 10.3. The molecule has 0 aliphatic rings. The van der Waals surface area contributed by atoms with E-state index in [1.807, 2.05) is 0 Å². The van der Waals surface area contributed by atoms with E-state index in [1.165, 1.54) is 6.20 Å². The van der Waals surface area contributed by atoms with Crippen molar-refractivity contribution in [1.82, 2.24) is 4.98 Å². The van der Waals surface area contributed by atoms with E-state index in [4.69, 9.17) is 33.7 Å². The zero-order valence-corrected chi connectivity index (χ0v) is 11.6. The van der Waals surface area contributed by atoms with Gasteiger partial charge in [-0.3, -0.25) is 4.98 Å². The lowest BCUT2D eigenvalue weighted by Gasteiger charge is -2.11. The topological polar surface area (TPSA) is 48.1 Å². The second kappa shape index (κ2) is 5.12. The van der Waals surface area contributed by atoms with Crippen molar-refractivity contribution < 1.29 is 4.74 Å². The Morgan fingerprint density at radius 1 is 1.24 bits per heavy atom. The molecule has 2 N–H and O–H groups in total. The molecule has 0 saturated carbocycles. The van der Waals surface area contributed by atoms with E-state index >= 15 is 0 Å². The number of benzene rings is 1.